The monoisotopic (exact) mass is 438 g/mol. The SMILES string of the molecule is Brc1ccc(/C=C/c2cccc(/C=C/c3ccc(Br)cc3)c2)cc1. The van der Waals surface area contributed by atoms with Gasteiger partial charge in [0.2, 0.25) is 0 Å². The zero-order valence-electron chi connectivity index (χ0n) is 13.0. The second-order valence-electron chi connectivity index (χ2n) is 5.44. The average Bonchev–Trinajstić information content (AvgIpc) is 2.61. The molecule has 0 aliphatic carbocycles. The first kappa shape index (κ1) is 16.9. The molecule has 0 saturated heterocycles. The Bertz CT molecular complexity index is 786. The van der Waals surface area contributed by atoms with E-state index in [1.807, 2.05) is 0 Å². The molecule has 0 nitrogen and oxygen atoms in total. The van der Waals surface area contributed by atoms with E-state index in [2.05, 4.69) is 129 Å². The number of benzene rings is 3. The van der Waals surface area contributed by atoms with Crippen LogP contribution in [-0.4, -0.2) is 0 Å². The Morgan fingerprint density at radius 2 is 0.833 bits per heavy atom. The molecule has 0 unspecified atom stereocenters. The zero-order valence-corrected chi connectivity index (χ0v) is 16.2. The van der Waals surface area contributed by atoms with Crippen LogP contribution in [0.15, 0.2) is 81.7 Å². The Morgan fingerprint density at radius 3 is 1.25 bits per heavy atom. The molecule has 0 heterocycles. The molecular weight excluding hydrogens is 424 g/mol. The van der Waals surface area contributed by atoms with Gasteiger partial charge in [-0.15, -0.1) is 0 Å². The van der Waals surface area contributed by atoms with Gasteiger partial charge in [0, 0.05) is 8.95 Å². The molecule has 0 N–H and O–H groups in total. The molecule has 118 valence electrons. The van der Waals surface area contributed by atoms with E-state index in [1.165, 1.54) is 22.3 Å². The van der Waals surface area contributed by atoms with Crippen LogP contribution in [0.3, 0.4) is 0 Å². The summed E-state index contributed by atoms with van der Waals surface area (Å²) in [6, 6.07) is 25.1. The maximum Gasteiger partial charge on any atom is 0.0175 e. The predicted octanol–water partition coefficient (Wildman–Crippen LogP) is 7.55. The van der Waals surface area contributed by atoms with Crippen LogP contribution in [0, 0.1) is 0 Å². The van der Waals surface area contributed by atoms with Crippen molar-refractivity contribution in [2.24, 2.45) is 0 Å². The van der Waals surface area contributed by atoms with Crippen molar-refractivity contribution in [3.63, 3.8) is 0 Å². The fraction of sp³-hybridized carbons (Fsp3) is 0. The first-order chi connectivity index (χ1) is 11.7. The molecule has 3 aromatic carbocycles. The van der Waals surface area contributed by atoms with Crippen molar-refractivity contribution in [1.29, 1.82) is 0 Å². The van der Waals surface area contributed by atoms with Crippen LogP contribution >= 0.6 is 31.9 Å². The molecule has 0 atom stereocenters. The minimum atomic E-state index is 1.10. The second-order valence-corrected chi connectivity index (χ2v) is 7.27. The maximum atomic E-state index is 3.46. The Kier molecular flexibility index (Phi) is 5.84. The molecule has 2 heteroatoms. The average molecular weight is 440 g/mol. The van der Waals surface area contributed by atoms with Gasteiger partial charge >= 0.3 is 0 Å². The van der Waals surface area contributed by atoms with Crippen molar-refractivity contribution >= 4 is 56.2 Å². The molecular formula is C22H16Br2. The third kappa shape index (κ3) is 5.05. The molecule has 0 radical (unpaired) electrons. The summed E-state index contributed by atoms with van der Waals surface area (Å²) in [5.41, 5.74) is 4.76. The van der Waals surface area contributed by atoms with E-state index in [4.69, 9.17) is 0 Å². The van der Waals surface area contributed by atoms with E-state index >= 15 is 0 Å². The van der Waals surface area contributed by atoms with Crippen LogP contribution < -0.4 is 0 Å². The molecule has 0 amide bonds. The van der Waals surface area contributed by atoms with Gasteiger partial charge in [-0.2, -0.15) is 0 Å². The first-order valence-corrected chi connectivity index (χ1v) is 9.25. The van der Waals surface area contributed by atoms with Gasteiger partial charge < -0.3 is 0 Å². The van der Waals surface area contributed by atoms with Crippen molar-refractivity contribution in [1.82, 2.24) is 0 Å². The van der Waals surface area contributed by atoms with Gasteiger partial charge in [-0.25, -0.2) is 0 Å². The lowest BCUT2D eigenvalue weighted by Gasteiger charge is -1.99. The Hall–Kier alpha value is -1.90. The summed E-state index contributed by atoms with van der Waals surface area (Å²) in [5.74, 6) is 0. The highest BCUT2D eigenvalue weighted by molar-refractivity contribution is 9.10. The normalized spacial score (nSPS) is 11.4. The van der Waals surface area contributed by atoms with Gasteiger partial charge in [0.25, 0.3) is 0 Å². The van der Waals surface area contributed by atoms with Crippen LogP contribution in [0.4, 0.5) is 0 Å². The minimum absolute atomic E-state index is 1.10. The van der Waals surface area contributed by atoms with Crippen LogP contribution in [0.2, 0.25) is 0 Å². The van der Waals surface area contributed by atoms with Crippen molar-refractivity contribution in [2.75, 3.05) is 0 Å². The topological polar surface area (TPSA) is 0 Å². The van der Waals surface area contributed by atoms with Crippen molar-refractivity contribution in [3.05, 3.63) is 104 Å². The molecule has 0 aliphatic rings. The maximum absolute atomic E-state index is 3.46. The molecule has 0 aromatic heterocycles. The van der Waals surface area contributed by atoms with Gasteiger partial charge in [-0.05, 0) is 52.6 Å². The summed E-state index contributed by atoms with van der Waals surface area (Å²) >= 11 is 6.91. The number of hydrogen-bond acceptors (Lipinski definition) is 0. The largest absolute Gasteiger partial charge is 0.0611 e. The summed E-state index contributed by atoms with van der Waals surface area (Å²) in [7, 11) is 0. The molecule has 0 aliphatic heterocycles. The quantitative estimate of drug-likeness (QED) is 0.368. The molecule has 24 heavy (non-hydrogen) atoms. The number of hydrogen-bond donors (Lipinski definition) is 0. The molecule has 0 spiro atoms. The van der Waals surface area contributed by atoms with Gasteiger partial charge in [0.1, 0.15) is 0 Å². The highest BCUT2D eigenvalue weighted by Crippen LogP contribution is 2.16. The van der Waals surface area contributed by atoms with Crippen LogP contribution in [-0.2, 0) is 0 Å². The summed E-state index contributed by atoms with van der Waals surface area (Å²) in [4.78, 5) is 0. The van der Waals surface area contributed by atoms with Crippen molar-refractivity contribution in [3.8, 4) is 0 Å². The summed E-state index contributed by atoms with van der Waals surface area (Å²) < 4.78 is 2.19. The highest BCUT2D eigenvalue weighted by Gasteiger charge is 1.92. The predicted molar refractivity (Wildman–Crippen MR) is 113 cm³/mol. The lowest BCUT2D eigenvalue weighted by Crippen LogP contribution is -1.77. The Morgan fingerprint density at radius 1 is 0.458 bits per heavy atom. The molecule has 3 aromatic rings. The standard InChI is InChI=1S/C22H16Br2/c23-21-12-8-17(9-13-21)4-6-19-2-1-3-20(16-19)7-5-18-10-14-22(24)15-11-18/h1-16H/b6-4+,7-5+. The summed E-state index contributed by atoms with van der Waals surface area (Å²) in [6.07, 6.45) is 8.54. The van der Waals surface area contributed by atoms with Crippen molar-refractivity contribution in [2.45, 2.75) is 0 Å². The molecule has 0 bridgehead atoms. The third-order valence-electron chi connectivity index (χ3n) is 3.59. The molecule has 3 rings (SSSR count). The molecule has 0 saturated carbocycles. The number of rotatable bonds is 4. The van der Waals surface area contributed by atoms with E-state index in [1.54, 1.807) is 0 Å². The van der Waals surface area contributed by atoms with E-state index < -0.39 is 0 Å². The van der Waals surface area contributed by atoms with Gasteiger partial charge in [-0.1, -0.05) is 98.6 Å². The minimum Gasteiger partial charge on any atom is -0.0611 e. The number of halogens is 2. The smallest absolute Gasteiger partial charge is 0.0175 e. The lowest BCUT2D eigenvalue weighted by atomic mass is 10.1. The first-order valence-electron chi connectivity index (χ1n) is 7.66. The highest BCUT2D eigenvalue weighted by atomic mass is 79.9. The van der Waals surface area contributed by atoms with E-state index in [0.29, 0.717) is 0 Å². The van der Waals surface area contributed by atoms with Gasteiger partial charge in [0.15, 0.2) is 0 Å². The van der Waals surface area contributed by atoms with E-state index in [0.717, 1.165) is 8.95 Å². The van der Waals surface area contributed by atoms with Gasteiger partial charge in [-0.3, -0.25) is 0 Å². The lowest BCUT2D eigenvalue weighted by molar-refractivity contribution is 1.60. The summed E-state index contributed by atoms with van der Waals surface area (Å²) in [5, 5.41) is 0. The second kappa shape index (κ2) is 8.27. The fourth-order valence-corrected chi connectivity index (χ4v) is 2.83. The van der Waals surface area contributed by atoms with E-state index in [9.17, 15) is 0 Å². The van der Waals surface area contributed by atoms with E-state index in [-0.39, 0.29) is 0 Å². The van der Waals surface area contributed by atoms with Gasteiger partial charge in [0.05, 0.1) is 0 Å². The van der Waals surface area contributed by atoms with Crippen LogP contribution in [0.25, 0.3) is 24.3 Å². The van der Waals surface area contributed by atoms with Crippen LogP contribution in [0.5, 0.6) is 0 Å². The van der Waals surface area contributed by atoms with Crippen molar-refractivity contribution < 1.29 is 0 Å². The Balaban J connectivity index is 1.74. The van der Waals surface area contributed by atoms with Crippen LogP contribution in [0.1, 0.15) is 22.3 Å². The zero-order chi connectivity index (χ0) is 16.8. The Labute approximate surface area is 159 Å². The fourth-order valence-electron chi connectivity index (χ4n) is 2.30. The molecule has 0 fully saturated rings. The third-order valence-corrected chi connectivity index (χ3v) is 4.64. The summed E-state index contributed by atoms with van der Waals surface area (Å²) in [6.45, 7) is 0.